The van der Waals surface area contributed by atoms with Gasteiger partial charge in [0.05, 0.1) is 11.7 Å². The zero-order valence-electron chi connectivity index (χ0n) is 10.8. The summed E-state index contributed by atoms with van der Waals surface area (Å²) < 4.78 is 8.27. The quantitative estimate of drug-likeness (QED) is 0.834. The fourth-order valence-corrected chi connectivity index (χ4v) is 3.05. The summed E-state index contributed by atoms with van der Waals surface area (Å²) in [5.41, 5.74) is 7.50. The first-order valence-electron chi connectivity index (χ1n) is 6.84. The van der Waals surface area contributed by atoms with Crippen molar-refractivity contribution in [2.75, 3.05) is 5.73 Å². The van der Waals surface area contributed by atoms with Gasteiger partial charge in [0.1, 0.15) is 0 Å². The van der Waals surface area contributed by atoms with Crippen LogP contribution in [0.15, 0.2) is 27.4 Å². The Balaban J connectivity index is 1.88. The fourth-order valence-electron chi connectivity index (χ4n) is 2.75. The molecule has 1 fully saturated rings. The van der Waals surface area contributed by atoms with Crippen LogP contribution < -0.4 is 5.73 Å². The minimum atomic E-state index is 0.483. The molecule has 1 aliphatic carbocycles. The van der Waals surface area contributed by atoms with E-state index >= 15 is 0 Å². The molecule has 2 heterocycles. The molecule has 2 N–H and O–H groups in total. The molecule has 3 rings (SSSR count). The number of furan rings is 1. The first-order valence-corrected chi connectivity index (χ1v) is 7.63. The molecule has 19 heavy (non-hydrogen) atoms. The van der Waals surface area contributed by atoms with E-state index in [-0.39, 0.29) is 0 Å². The summed E-state index contributed by atoms with van der Waals surface area (Å²) in [6, 6.07) is 4.23. The number of hydrogen-bond acceptors (Lipinski definition) is 3. The fraction of sp³-hybridized carbons (Fsp3) is 0.500. The largest absolute Gasteiger partial charge is 0.448 e. The molecule has 0 atom stereocenters. The zero-order chi connectivity index (χ0) is 13.2. The lowest BCUT2D eigenvalue weighted by atomic mass is 10.1. The van der Waals surface area contributed by atoms with Crippen LogP contribution in [-0.4, -0.2) is 9.78 Å². The van der Waals surface area contributed by atoms with Gasteiger partial charge in [0.15, 0.2) is 16.1 Å². The first kappa shape index (κ1) is 12.8. The number of nitrogens with zero attached hydrogens (tertiary/aromatic N) is 2. The van der Waals surface area contributed by atoms with Crippen molar-refractivity contribution in [3.8, 4) is 11.5 Å². The predicted molar refractivity (Wildman–Crippen MR) is 78.8 cm³/mol. The molecular weight excluding hydrogens is 306 g/mol. The van der Waals surface area contributed by atoms with E-state index in [4.69, 9.17) is 10.2 Å². The molecule has 4 nitrogen and oxygen atoms in total. The van der Waals surface area contributed by atoms with Crippen LogP contribution in [0, 0.1) is 0 Å². The summed E-state index contributed by atoms with van der Waals surface area (Å²) in [6.45, 7) is 0. The number of halogens is 1. The molecular formula is C14H18BrN3O. The normalized spacial score (nSPS) is 17.5. The Kier molecular flexibility index (Phi) is 3.64. The molecule has 1 saturated carbocycles. The summed E-state index contributed by atoms with van der Waals surface area (Å²) in [6.07, 6.45) is 9.58. The lowest BCUT2D eigenvalue weighted by Crippen LogP contribution is -2.08. The minimum Gasteiger partial charge on any atom is -0.448 e. The average molecular weight is 324 g/mol. The lowest BCUT2D eigenvalue weighted by molar-refractivity contribution is 0.405. The van der Waals surface area contributed by atoms with Gasteiger partial charge in [0, 0.05) is 6.20 Å². The highest BCUT2D eigenvalue weighted by molar-refractivity contribution is 9.10. The minimum absolute atomic E-state index is 0.483. The number of nitrogen functional groups attached to an aromatic ring is 1. The van der Waals surface area contributed by atoms with E-state index in [1.165, 1.54) is 38.5 Å². The predicted octanol–water partition coefficient (Wildman–Crippen LogP) is 4.38. The van der Waals surface area contributed by atoms with E-state index in [2.05, 4.69) is 21.0 Å². The van der Waals surface area contributed by atoms with Crippen LogP contribution in [-0.2, 0) is 0 Å². The SMILES string of the molecule is Nc1cn(C2CCCCCC2)nc1-c1ccc(Br)o1. The molecule has 2 aromatic heterocycles. The Morgan fingerprint density at radius 1 is 1.21 bits per heavy atom. The van der Waals surface area contributed by atoms with Gasteiger partial charge in [0.2, 0.25) is 0 Å². The Morgan fingerprint density at radius 3 is 2.58 bits per heavy atom. The van der Waals surface area contributed by atoms with Crippen LogP contribution in [0.5, 0.6) is 0 Å². The molecule has 0 bridgehead atoms. The molecule has 0 saturated heterocycles. The van der Waals surface area contributed by atoms with Gasteiger partial charge in [-0.3, -0.25) is 4.68 Å². The third kappa shape index (κ3) is 2.71. The highest BCUT2D eigenvalue weighted by Gasteiger charge is 2.18. The van der Waals surface area contributed by atoms with E-state index in [1.807, 2.05) is 23.0 Å². The van der Waals surface area contributed by atoms with E-state index in [1.54, 1.807) is 0 Å². The number of rotatable bonds is 2. The standard InChI is InChI=1S/C14H18BrN3O/c15-13-8-7-12(19-13)14-11(16)9-18(17-14)10-5-3-1-2-4-6-10/h7-10H,1-6,16H2. The van der Waals surface area contributed by atoms with Crippen LogP contribution >= 0.6 is 15.9 Å². The Bertz CT molecular complexity index is 553. The van der Waals surface area contributed by atoms with Gasteiger partial charge in [0.25, 0.3) is 0 Å². The molecule has 0 radical (unpaired) electrons. The van der Waals surface area contributed by atoms with Crippen molar-refractivity contribution in [2.24, 2.45) is 0 Å². The maximum absolute atomic E-state index is 6.07. The van der Waals surface area contributed by atoms with Crippen LogP contribution in [0.25, 0.3) is 11.5 Å². The van der Waals surface area contributed by atoms with Crippen LogP contribution in [0.4, 0.5) is 5.69 Å². The third-order valence-corrected chi connectivity index (χ3v) is 4.19. The van der Waals surface area contributed by atoms with Gasteiger partial charge in [-0.1, -0.05) is 25.7 Å². The lowest BCUT2D eigenvalue weighted by Gasteiger charge is -2.14. The molecule has 5 heteroatoms. The first-order chi connectivity index (χ1) is 9.24. The second-order valence-electron chi connectivity index (χ2n) is 5.16. The van der Waals surface area contributed by atoms with Crippen molar-refractivity contribution in [1.82, 2.24) is 9.78 Å². The van der Waals surface area contributed by atoms with Crippen LogP contribution in [0.3, 0.4) is 0 Å². The summed E-state index contributed by atoms with van der Waals surface area (Å²) in [7, 11) is 0. The average Bonchev–Trinajstić information content (AvgIpc) is 2.86. The number of hydrogen-bond donors (Lipinski definition) is 1. The Hall–Kier alpha value is -1.23. The van der Waals surface area contributed by atoms with Crippen molar-refractivity contribution in [2.45, 2.75) is 44.6 Å². The van der Waals surface area contributed by atoms with E-state index in [9.17, 15) is 0 Å². The second kappa shape index (κ2) is 5.41. The maximum Gasteiger partial charge on any atom is 0.169 e. The monoisotopic (exact) mass is 323 g/mol. The summed E-state index contributed by atoms with van der Waals surface area (Å²) in [4.78, 5) is 0. The second-order valence-corrected chi connectivity index (χ2v) is 5.94. The smallest absolute Gasteiger partial charge is 0.169 e. The van der Waals surface area contributed by atoms with Crippen molar-refractivity contribution in [3.05, 3.63) is 23.0 Å². The summed E-state index contributed by atoms with van der Waals surface area (Å²) >= 11 is 3.31. The Labute approximate surface area is 121 Å². The third-order valence-electron chi connectivity index (χ3n) is 3.77. The van der Waals surface area contributed by atoms with Gasteiger partial charge in [-0.2, -0.15) is 5.10 Å². The van der Waals surface area contributed by atoms with Gasteiger partial charge in [-0.25, -0.2) is 0 Å². The molecule has 0 aromatic carbocycles. The van der Waals surface area contributed by atoms with Crippen molar-refractivity contribution in [1.29, 1.82) is 0 Å². The van der Waals surface area contributed by atoms with Gasteiger partial charge in [-0.05, 0) is 40.9 Å². The van der Waals surface area contributed by atoms with Crippen LogP contribution in [0.2, 0.25) is 0 Å². The van der Waals surface area contributed by atoms with Crippen molar-refractivity contribution in [3.63, 3.8) is 0 Å². The molecule has 1 aliphatic rings. The number of aromatic nitrogens is 2. The number of anilines is 1. The maximum atomic E-state index is 6.07. The number of nitrogens with two attached hydrogens (primary N) is 1. The van der Waals surface area contributed by atoms with E-state index in [0.717, 1.165) is 11.5 Å². The van der Waals surface area contributed by atoms with E-state index in [0.29, 0.717) is 16.4 Å². The Morgan fingerprint density at radius 2 is 1.95 bits per heavy atom. The summed E-state index contributed by atoms with van der Waals surface area (Å²) in [5.74, 6) is 0.719. The molecule has 0 aliphatic heterocycles. The van der Waals surface area contributed by atoms with Crippen molar-refractivity contribution >= 4 is 21.6 Å². The van der Waals surface area contributed by atoms with Gasteiger partial charge in [-0.15, -0.1) is 0 Å². The van der Waals surface area contributed by atoms with Gasteiger partial charge < -0.3 is 10.2 Å². The molecule has 102 valence electrons. The highest BCUT2D eigenvalue weighted by atomic mass is 79.9. The molecule has 0 amide bonds. The molecule has 0 unspecified atom stereocenters. The van der Waals surface area contributed by atoms with Crippen molar-refractivity contribution < 1.29 is 4.42 Å². The molecule has 0 spiro atoms. The highest BCUT2D eigenvalue weighted by Crippen LogP contribution is 2.32. The van der Waals surface area contributed by atoms with Crippen LogP contribution in [0.1, 0.15) is 44.6 Å². The zero-order valence-corrected chi connectivity index (χ0v) is 12.4. The van der Waals surface area contributed by atoms with E-state index < -0.39 is 0 Å². The molecule has 2 aromatic rings. The van der Waals surface area contributed by atoms with Gasteiger partial charge >= 0.3 is 0 Å². The summed E-state index contributed by atoms with van der Waals surface area (Å²) in [5, 5.41) is 4.64. The topological polar surface area (TPSA) is 57.0 Å².